The molecule has 1 amide bonds. The summed E-state index contributed by atoms with van der Waals surface area (Å²) in [5.41, 5.74) is 2.88. The molecule has 0 fully saturated rings. The second-order valence-electron chi connectivity index (χ2n) is 8.24. The van der Waals surface area contributed by atoms with E-state index in [1.54, 1.807) is 0 Å². The van der Waals surface area contributed by atoms with Gasteiger partial charge in [-0.25, -0.2) is 4.79 Å². The van der Waals surface area contributed by atoms with Crippen LogP contribution in [0.2, 0.25) is 18.1 Å². The Morgan fingerprint density at radius 3 is 2.19 bits per heavy atom. The number of amides is 1. The molecule has 0 saturated carbocycles. The molecule has 0 bridgehead atoms. The maximum atomic E-state index is 11.9. The molecule has 0 aliphatic heterocycles. The van der Waals surface area contributed by atoms with E-state index in [9.17, 15) is 4.79 Å². The van der Waals surface area contributed by atoms with Crippen LogP contribution in [-0.4, -0.2) is 21.0 Å². The SMILES string of the molecule is CC(C)(C)[Si](C)(C)OCCc1ccc(NC(=O)OCc2ccccc2)cc1. The Morgan fingerprint density at radius 1 is 0.963 bits per heavy atom. The van der Waals surface area contributed by atoms with Crippen LogP contribution in [0.3, 0.4) is 0 Å². The van der Waals surface area contributed by atoms with E-state index >= 15 is 0 Å². The number of rotatable bonds is 7. The number of nitrogens with one attached hydrogen (secondary N) is 1. The Labute approximate surface area is 164 Å². The largest absolute Gasteiger partial charge is 0.444 e. The normalized spacial score (nSPS) is 11.9. The van der Waals surface area contributed by atoms with Gasteiger partial charge in [0.1, 0.15) is 6.61 Å². The lowest BCUT2D eigenvalue weighted by molar-refractivity contribution is 0.155. The molecule has 146 valence electrons. The number of carbonyl (C=O) groups is 1. The fourth-order valence-corrected chi connectivity index (χ4v) is 3.32. The standard InChI is InChI=1S/C22H31NO3Si/c1-22(2,3)27(4,5)26-16-15-18-11-13-20(14-12-18)23-21(24)25-17-19-9-7-6-8-10-19/h6-14H,15-17H2,1-5H3,(H,23,24). The van der Waals surface area contributed by atoms with Crippen LogP contribution in [0.25, 0.3) is 0 Å². The highest BCUT2D eigenvalue weighted by Crippen LogP contribution is 2.36. The van der Waals surface area contributed by atoms with E-state index in [2.05, 4.69) is 39.2 Å². The summed E-state index contributed by atoms with van der Waals surface area (Å²) >= 11 is 0. The van der Waals surface area contributed by atoms with Crippen molar-refractivity contribution in [3.8, 4) is 0 Å². The first kappa shape index (κ1) is 21.2. The minimum absolute atomic E-state index is 0.223. The third-order valence-electron chi connectivity index (χ3n) is 5.07. The molecule has 27 heavy (non-hydrogen) atoms. The molecule has 0 aliphatic rings. The lowest BCUT2D eigenvalue weighted by Crippen LogP contribution is -2.41. The highest BCUT2D eigenvalue weighted by Gasteiger charge is 2.36. The van der Waals surface area contributed by atoms with Gasteiger partial charge in [0.15, 0.2) is 8.32 Å². The summed E-state index contributed by atoms with van der Waals surface area (Å²) in [6.45, 7) is 12.3. The molecule has 0 atom stereocenters. The molecule has 2 aromatic rings. The lowest BCUT2D eigenvalue weighted by Gasteiger charge is -2.36. The second kappa shape index (κ2) is 9.20. The third-order valence-corrected chi connectivity index (χ3v) is 9.61. The summed E-state index contributed by atoms with van der Waals surface area (Å²) in [6, 6.07) is 17.4. The van der Waals surface area contributed by atoms with E-state index < -0.39 is 14.4 Å². The second-order valence-corrected chi connectivity index (χ2v) is 13.1. The van der Waals surface area contributed by atoms with Crippen LogP contribution in [0.5, 0.6) is 0 Å². The van der Waals surface area contributed by atoms with E-state index in [4.69, 9.17) is 9.16 Å². The molecule has 0 saturated heterocycles. The predicted octanol–water partition coefficient (Wildman–Crippen LogP) is 6.00. The van der Waals surface area contributed by atoms with E-state index in [0.29, 0.717) is 0 Å². The minimum atomic E-state index is -1.70. The van der Waals surface area contributed by atoms with Crippen LogP contribution < -0.4 is 5.32 Å². The first-order valence-electron chi connectivity index (χ1n) is 9.38. The fourth-order valence-electron chi connectivity index (χ4n) is 2.27. The quantitative estimate of drug-likeness (QED) is 0.595. The number of benzene rings is 2. The molecule has 0 aliphatic carbocycles. The molecule has 4 nitrogen and oxygen atoms in total. The van der Waals surface area contributed by atoms with Crippen LogP contribution in [0, 0.1) is 0 Å². The zero-order valence-corrected chi connectivity index (χ0v) is 18.0. The van der Waals surface area contributed by atoms with Gasteiger partial charge in [-0.05, 0) is 47.8 Å². The Morgan fingerprint density at radius 2 is 1.59 bits per heavy atom. The summed E-state index contributed by atoms with van der Waals surface area (Å²) in [6.07, 6.45) is 0.415. The molecule has 0 aromatic heterocycles. The molecule has 0 heterocycles. The van der Waals surface area contributed by atoms with Gasteiger partial charge in [-0.1, -0.05) is 63.2 Å². The van der Waals surface area contributed by atoms with Crippen molar-refractivity contribution in [3.05, 3.63) is 65.7 Å². The Hall–Kier alpha value is -2.11. The van der Waals surface area contributed by atoms with Crippen LogP contribution in [0.4, 0.5) is 10.5 Å². The maximum Gasteiger partial charge on any atom is 0.411 e. The Kier molecular flexibility index (Phi) is 7.22. The first-order chi connectivity index (χ1) is 12.7. The number of hydrogen-bond donors (Lipinski definition) is 1. The molecule has 0 radical (unpaired) electrons. The van der Waals surface area contributed by atoms with Gasteiger partial charge in [-0.2, -0.15) is 0 Å². The highest BCUT2D eigenvalue weighted by molar-refractivity contribution is 6.74. The van der Waals surface area contributed by atoms with Crippen molar-refractivity contribution in [1.29, 1.82) is 0 Å². The topological polar surface area (TPSA) is 47.6 Å². The van der Waals surface area contributed by atoms with Crippen molar-refractivity contribution in [2.45, 2.75) is 51.9 Å². The molecule has 0 unspecified atom stereocenters. The van der Waals surface area contributed by atoms with Gasteiger partial charge in [-0.3, -0.25) is 5.32 Å². The number of carbonyl (C=O) groups excluding carboxylic acids is 1. The zero-order valence-electron chi connectivity index (χ0n) is 17.0. The van der Waals surface area contributed by atoms with Gasteiger partial charge in [0, 0.05) is 12.3 Å². The van der Waals surface area contributed by atoms with Gasteiger partial charge in [-0.15, -0.1) is 0 Å². The molecule has 5 heteroatoms. The Bertz CT molecular complexity index is 721. The van der Waals surface area contributed by atoms with Gasteiger partial charge in [0.05, 0.1) is 0 Å². The Balaban J connectivity index is 1.77. The van der Waals surface area contributed by atoms with Gasteiger partial charge in [0.2, 0.25) is 0 Å². The molecule has 1 N–H and O–H groups in total. The summed E-state index contributed by atoms with van der Waals surface area (Å²) < 4.78 is 11.4. The molecule has 0 spiro atoms. The highest BCUT2D eigenvalue weighted by atomic mass is 28.4. The maximum absolute atomic E-state index is 11.9. The van der Waals surface area contributed by atoms with Crippen molar-refractivity contribution >= 4 is 20.1 Å². The van der Waals surface area contributed by atoms with Gasteiger partial charge in [0.25, 0.3) is 0 Å². The fraction of sp³-hybridized carbons (Fsp3) is 0.409. The van der Waals surface area contributed by atoms with E-state index in [1.807, 2.05) is 54.6 Å². The number of anilines is 1. The predicted molar refractivity (Wildman–Crippen MR) is 114 cm³/mol. The summed E-state index contributed by atoms with van der Waals surface area (Å²) in [4.78, 5) is 11.9. The monoisotopic (exact) mass is 385 g/mol. The van der Waals surface area contributed by atoms with Crippen molar-refractivity contribution in [1.82, 2.24) is 0 Å². The van der Waals surface area contributed by atoms with E-state index in [1.165, 1.54) is 5.56 Å². The van der Waals surface area contributed by atoms with Gasteiger partial charge >= 0.3 is 6.09 Å². The molecular formula is C22H31NO3Si. The summed E-state index contributed by atoms with van der Waals surface area (Å²) in [5.74, 6) is 0. The molecule has 2 aromatic carbocycles. The summed E-state index contributed by atoms with van der Waals surface area (Å²) in [7, 11) is -1.70. The van der Waals surface area contributed by atoms with Crippen LogP contribution in [0.1, 0.15) is 31.9 Å². The van der Waals surface area contributed by atoms with Crippen molar-refractivity contribution < 1.29 is 14.0 Å². The third kappa shape index (κ3) is 6.84. The van der Waals surface area contributed by atoms with E-state index in [0.717, 1.165) is 24.3 Å². The van der Waals surface area contributed by atoms with Crippen molar-refractivity contribution in [3.63, 3.8) is 0 Å². The summed E-state index contributed by atoms with van der Waals surface area (Å²) in [5, 5.41) is 2.98. The molecular weight excluding hydrogens is 354 g/mol. The zero-order chi connectivity index (χ0) is 19.9. The van der Waals surface area contributed by atoms with Crippen LogP contribution in [-0.2, 0) is 22.2 Å². The average Bonchev–Trinajstić information content (AvgIpc) is 2.61. The van der Waals surface area contributed by atoms with Gasteiger partial charge < -0.3 is 9.16 Å². The van der Waals surface area contributed by atoms with Crippen LogP contribution >= 0.6 is 0 Å². The first-order valence-corrected chi connectivity index (χ1v) is 12.3. The average molecular weight is 386 g/mol. The smallest absolute Gasteiger partial charge is 0.411 e. The number of hydrogen-bond acceptors (Lipinski definition) is 3. The minimum Gasteiger partial charge on any atom is -0.444 e. The van der Waals surface area contributed by atoms with Crippen LogP contribution in [0.15, 0.2) is 54.6 Å². The van der Waals surface area contributed by atoms with Crippen molar-refractivity contribution in [2.24, 2.45) is 0 Å². The lowest BCUT2D eigenvalue weighted by atomic mass is 10.1. The van der Waals surface area contributed by atoms with E-state index in [-0.39, 0.29) is 11.6 Å². The molecule has 2 rings (SSSR count). The number of ether oxygens (including phenoxy) is 1. The van der Waals surface area contributed by atoms with Crippen molar-refractivity contribution in [2.75, 3.05) is 11.9 Å².